The van der Waals surface area contributed by atoms with Gasteiger partial charge < -0.3 is 4.42 Å². The summed E-state index contributed by atoms with van der Waals surface area (Å²) in [5.41, 5.74) is 18.0. The number of fused-ring (bicyclic) bond motifs is 5. The average molecular weight is 829 g/mol. The van der Waals surface area contributed by atoms with E-state index >= 15 is 0 Å². The van der Waals surface area contributed by atoms with Crippen LogP contribution in [0.5, 0.6) is 0 Å². The molecule has 0 amide bonds. The highest BCUT2D eigenvalue weighted by Gasteiger charge is 2.20. The molecule has 3 nitrogen and oxygen atoms in total. The largest absolute Gasteiger partial charge is 0.456 e. The van der Waals surface area contributed by atoms with Crippen molar-refractivity contribution in [3.8, 4) is 89.5 Å². The summed E-state index contributed by atoms with van der Waals surface area (Å²) in [6.07, 6.45) is 0. The molecule has 0 atom stereocenters. The fourth-order valence-corrected chi connectivity index (χ4v) is 9.32. The topological polar surface area (TPSA) is 38.9 Å². The molecule has 0 aliphatic rings. The Morgan fingerprint density at radius 2 is 0.785 bits per heavy atom. The average Bonchev–Trinajstić information content (AvgIpc) is 3.78. The molecule has 12 rings (SSSR count). The first-order valence-electron chi connectivity index (χ1n) is 22.0. The van der Waals surface area contributed by atoms with E-state index in [4.69, 9.17) is 14.4 Å². The van der Waals surface area contributed by atoms with Crippen LogP contribution in [0.4, 0.5) is 0 Å². The molecule has 0 aliphatic carbocycles. The van der Waals surface area contributed by atoms with Crippen molar-refractivity contribution in [2.45, 2.75) is 0 Å². The molecule has 304 valence electrons. The standard InChI is InChI=1S/C62H40N2O/c1-5-17-41(18-6-1)51-38-53(60(44-22-9-3-10-23-44)54(39-51)49-32-33-58-55(37-49)61-52-30-14-13-19-42(52)31-34-59(61)65-58)48-28-15-26-46(35-48)47-27-16-29-50(36-47)57-40-56(43-20-7-2-8-21-43)63-62(64-57)45-24-11-4-12-25-45/h1-40H. The fraction of sp³-hybridized carbons (Fsp3) is 0. The highest BCUT2D eigenvalue weighted by molar-refractivity contribution is 6.19. The van der Waals surface area contributed by atoms with Crippen LogP contribution in [0, 0.1) is 0 Å². The molecule has 0 unspecified atom stereocenters. The number of furan rings is 1. The van der Waals surface area contributed by atoms with Crippen molar-refractivity contribution in [2.24, 2.45) is 0 Å². The lowest BCUT2D eigenvalue weighted by Crippen LogP contribution is -1.96. The van der Waals surface area contributed by atoms with Crippen LogP contribution < -0.4 is 0 Å². The molecule has 2 aromatic heterocycles. The molecular formula is C62H40N2O. The molecule has 0 radical (unpaired) electrons. The van der Waals surface area contributed by atoms with Gasteiger partial charge in [0.05, 0.1) is 11.4 Å². The van der Waals surface area contributed by atoms with Crippen molar-refractivity contribution in [3.05, 3.63) is 243 Å². The van der Waals surface area contributed by atoms with Gasteiger partial charge in [-0.05, 0) is 115 Å². The Morgan fingerprint density at radius 3 is 1.48 bits per heavy atom. The summed E-state index contributed by atoms with van der Waals surface area (Å²) < 4.78 is 6.49. The lowest BCUT2D eigenvalue weighted by Gasteiger charge is -2.20. The minimum atomic E-state index is 0.699. The van der Waals surface area contributed by atoms with E-state index in [0.717, 1.165) is 100 Å². The second-order valence-corrected chi connectivity index (χ2v) is 16.5. The van der Waals surface area contributed by atoms with E-state index in [2.05, 4.69) is 218 Å². The summed E-state index contributed by atoms with van der Waals surface area (Å²) in [4.78, 5) is 10.2. The minimum Gasteiger partial charge on any atom is -0.456 e. The first-order valence-corrected chi connectivity index (χ1v) is 22.0. The monoisotopic (exact) mass is 828 g/mol. The Bertz CT molecular complexity index is 3630. The third-order valence-corrected chi connectivity index (χ3v) is 12.5. The number of aromatic nitrogens is 2. The van der Waals surface area contributed by atoms with Crippen LogP contribution in [0.2, 0.25) is 0 Å². The molecule has 0 saturated carbocycles. The Balaban J connectivity index is 1.04. The fourth-order valence-electron chi connectivity index (χ4n) is 9.32. The lowest BCUT2D eigenvalue weighted by atomic mass is 9.84. The molecule has 0 saturated heterocycles. The number of hydrogen-bond acceptors (Lipinski definition) is 3. The first kappa shape index (κ1) is 38.0. The molecule has 65 heavy (non-hydrogen) atoms. The van der Waals surface area contributed by atoms with E-state index in [9.17, 15) is 0 Å². The Hall–Kier alpha value is -8.66. The Kier molecular flexibility index (Phi) is 9.50. The zero-order valence-electron chi connectivity index (χ0n) is 35.4. The van der Waals surface area contributed by atoms with Crippen molar-refractivity contribution < 1.29 is 4.42 Å². The molecule has 0 N–H and O–H groups in total. The van der Waals surface area contributed by atoms with Gasteiger partial charge in [0.25, 0.3) is 0 Å². The third-order valence-electron chi connectivity index (χ3n) is 12.5. The summed E-state index contributed by atoms with van der Waals surface area (Å²) in [6.45, 7) is 0. The molecule has 2 heterocycles. The summed E-state index contributed by atoms with van der Waals surface area (Å²) in [6, 6.07) is 86.1. The highest BCUT2D eigenvalue weighted by atomic mass is 16.3. The molecule has 0 fully saturated rings. The van der Waals surface area contributed by atoms with Crippen molar-refractivity contribution in [1.29, 1.82) is 0 Å². The number of hydrogen-bond donors (Lipinski definition) is 0. The van der Waals surface area contributed by atoms with Crippen LogP contribution in [-0.2, 0) is 0 Å². The predicted octanol–water partition coefficient (Wildman–Crippen LogP) is 16.9. The van der Waals surface area contributed by atoms with Crippen LogP contribution in [0.15, 0.2) is 247 Å². The van der Waals surface area contributed by atoms with Gasteiger partial charge in [0.2, 0.25) is 0 Å². The number of nitrogens with zero attached hydrogens (tertiary/aromatic N) is 2. The van der Waals surface area contributed by atoms with Crippen LogP contribution in [0.1, 0.15) is 0 Å². The van der Waals surface area contributed by atoms with Gasteiger partial charge >= 0.3 is 0 Å². The maximum absolute atomic E-state index is 6.49. The second kappa shape index (κ2) is 16.2. The molecule has 0 spiro atoms. The van der Waals surface area contributed by atoms with Gasteiger partial charge in [-0.3, -0.25) is 0 Å². The minimum absolute atomic E-state index is 0.699. The molecule has 3 heteroatoms. The Morgan fingerprint density at radius 1 is 0.277 bits per heavy atom. The SMILES string of the molecule is c1ccc(-c2cc(-c3cccc(-c4cccc(-c5cc(-c6ccccc6)nc(-c6ccccc6)n5)c4)c3)c(-c3ccccc3)c(-c3ccc4oc5ccc6ccccc6c5c4c3)c2)cc1. The number of rotatable bonds is 8. The van der Waals surface area contributed by atoms with Crippen LogP contribution in [0.25, 0.3) is 122 Å². The predicted molar refractivity (Wildman–Crippen MR) is 270 cm³/mol. The van der Waals surface area contributed by atoms with Gasteiger partial charge in [-0.2, -0.15) is 0 Å². The summed E-state index contributed by atoms with van der Waals surface area (Å²) >= 11 is 0. The van der Waals surface area contributed by atoms with Crippen LogP contribution in [-0.4, -0.2) is 9.97 Å². The molecule has 12 aromatic rings. The van der Waals surface area contributed by atoms with Gasteiger partial charge in [-0.25, -0.2) is 9.97 Å². The van der Waals surface area contributed by atoms with Gasteiger partial charge in [0, 0.05) is 27.5 Å². The normalized spacial score (nSPS) is 11.4. The maximum atomic E-state index is 6.49. The second-order valence-electron chi connectivity index (χ2n) is 16.5. The smallest absolute Gasteiger partial charge is 0.160 e. The van der Waals surface area contributed by atoms with Crippen molar-refractivity contribution in [3.63, 3.8) is 0 Å². The van der Waals surface area contributed by atoms with E-state index in [1.807, 2.05) is 24.3 Å². The lowest BCUT2D eigenvalue weighted by molar-refractivity contribution is 0.669. The van der Waals surface area contributed by atoms with Gasteiger partial charge in [-0.15, -0.1) is 0 Å². The van der Waals surface area contributed by atoms with E-state index in [0.29, 0.717) is 5.82 Å². The summed E-state index contributed by atoms with van der Waals surface area (Å²) in [5.74, 6) is 0.699. The van der Waals surface area contributed by atoms with Gasteiger partial charge in [0.1, 0.15) is 11.2 Å². The summed E-state index contributed by atoms with van der Waals surface area (Å²) in [7, 11) is 0. The quantitative estimate of drug-likeness (QED) is 0.153. The van der Waals surface area contributed by atoms with Crippen molar-refractivity contribution in [2.75, 3.05) is 0 Å². The highest BCUT2D eigenvalue weighted by Crippen LogP contribution is 2.46. The van der Waals surface area contributed by atoms with E-state index in [1.165, 1.54) is 16.3 Å². The number of benzene rings is 10. The zero-order valence-corrected chi connectivity index (χ0v) is 35.4. The van der Waals surface area contributed by atoms with Crippen molar-refractivity contribution in [1.82, 2.24) is 9.97 Å². The van der Waals surface area contributed by atoms with Crippen LogP contribution in [0.3, 0.4) is 0 Å². The molecule has 0 bridgehead atoms. The van der Waals surface area contributed by atoms with E-state index in [-0.39, 0.29) is 0 Å². The molecular weight excluding hydrogens is 789 g/mol. The maximum Gasteiger partial charge on any atom is 0.160 e. The third kappa shape index (κ3) is 7.16. The van der Waals surface area contributed by atoms with Crippen molar-refractivity contribution >= 4 is 32.7 Å². The van der Waals surface area contributed by atoms with Gasteiger partial charge in [0.15, 0.2) is 5.82 Å². The van der Waals surface area contributed by atoms with E-state index in [1.54, 1.807) is 0 Å². The zero-order chi connectivity index (χ0) is 43.1. The molecule has 10 aromatic carbocycles. The van der Waals surface area contributed by atoms with Gasteiger partial charge in [-0.1, -0.05) is 194 Å². The first-order chi connectivity index (χ1) is 32.2. The Labute approximate surface area is 377 Å². The van der Waals surface area contributed by atoms with E-state index < -0.39 is 0 Å². The van der Waals surface area contributed by atoms with Crippen LogP contribution >= 0.6 is 0 Å². The summed E-state index contributed by atoms with van der Waals surface area (Å²) in [5, 5.41) is 4.64. The molecule has 0 aliphatic heterocycles.